The second-order valence-corrected chi connectivity index (χ2v) is 11.1. The van der Waals surface area contributed by atoms with E-state index in [4.69, 9.17) is 4.74 Å². The van der Waals surface area contributed by atoms with E-state index in [0.29, 0.717) is 27.7 Å². The predicted octanol–water partition coefficient (Wildman–Crippen LogP) is 5.18. The Morgan fingerprint density at radius 3 is 2.55 bits per heavy atom. The molecule has 4 rings (SSSR count). The van der Waals surface area contributed by atoms with Gasteiger partial charge in [-0.3, -0.25) is 8.99 Å². The highest BCUT2D eigenvalue weighted by Gasteiger charge is 2.37. The molecule has 0 spiro atoms. The lowest BCUT2D eigenvalue weighted by Crippen LogP contribution is -2.34. The Hall–Kier alpha value is -2.13. The number of aromatic nitrogens is 2. The second kappa shape index (κ2) is 8.43. The van der Waals surface area contributed by atoms with Gasteiger partial charge in [0, 0.05) is 15.1 Å². The highest BCUT2D eigenvalue weighted by Crippen LogP contribution is 2.40. The van der Waals surface area contributed by atoms with E-state index in [1.54, 1.807) is 11.4 Å². The molecule has 166 valence electrons. The lowest BCUT2D eigenvalue weighted by molar-refractivity contribution is 0.123. The van der Waals surface area contributed by atoms with Crippen LogP contribution in [0.3, 0.4) is 0 Å². The fourth-order valence-corrected chi connectivity index (χ4v) is 6.25. The van der Waals surface area contributed by atoms with Crippen molar-refractivity contribution < 1.29 is 17.7 Å². The zero-order valence-corrected chi connectivity index (χ0v) is 19.8. The van der Waals surface area contributed by atoms with Gasteiger partial charge < -0.3 is 4.74 Å². The van der Waals surface area contributed by atoms with E-state index < -0.39 is 22.7 Å². The molecule has 0 radical (unpaired) electrons. The maximum atomic E-state index is 13.8. The zero-order chi connectivity index (χ0) is 22.3. The van der Waals surface area contributed by atoms with Gasteiger partial charge in [-0.05, 0) is 70.9 Å². The summed E-state index contributed by atoms with van der Waals surface area (Å²) in [5, 5.41) is 5.22. The van der Waals surface area contributed by atoms with Gasteiger partial charge in [-0.2, -0.15) is 5.10 Å². The smallest absolute Gasteiger partial charge is 0.257 e. The number of benzene rings is 2. The number of rotatable bonds is 8. The fraction of sp³-hybridized carbons (Fsp3) is 0.364. The Kier molecular flexibility index (Phi) is 6.00. The molecule has 31 heavy (non-hydrogen) atoms. The van der Waals surface area contributed by atoms with E-state index in [-0.39, 0.29) is 5.25 Å². The first-order valence-electron chi connectivity index (χ1n) is 9.93. The summed E-state index contributed by atoms with van der Waals surface area (Å²) in [4.78, 5) is 0. The predicted molar refractivity (Wildman–Crippen MR) is 126 cm³/mol. The molecular weight excluding hydrogens is 488 g/mol. The first kappa shape index (κ1) is 22.1. The largest absolute Gasteiger partial charge is 0.497 e. The molecule has 0 saturated heterocycles. The molecule has 3 aromatic rings. The lowest BCUT2D eigenvalue weighted by Gasteiger charge is -2.27. The van der Waals surface area contributed by atoms with E-state index in [9.17, 15) is 13.0 Å². The summed E-state index contributed by atoms with van der Waals surface area (Å²) in [6.45, 7) is 1.66. The van der Waals surface area contributed by atoms with Crippen molar-refractivity contribution in [3.8, 4) is 5.75 Å². The Bertz CT molecular complexity index is 1210. The SMILES string of the molecule is C=S(=O)(C1CC1)N(Cc1ccc(OC)cc1)c1nn(CC(F)F)c2c(Br)ccc(C)c12. The number of hydrogen-bond donors (Lipinski definition) is 0. The van der Waals surface area contributed by atoms with Crippen molar-refractivity contribution in [2.24, 2.45) is 0 Å². The highest BCUT2D eigenvalue weighted by molar-refractivity contribution is 9.10. The van der Waals surface area contributed by atoms with E-state index in [1.807, 2.05) is 43.3 Å². The second-order valence-electron chi connectivity index (χ2n) is 7.76. The van der Waals surface area contributed by atoms with Crippen LogP contribution in [0.25, 0.3) is 10.9 Å². The van der Waals surface area contributed by atoms with Crippen LogP contribution in [0.4, 0.5) is 14.6 Å². The first-order valence-corrected chi connectivity index (χ1v) is 12.5. The average molecular weight is 512 g/mol. The van der Waals surface area contributed by atoms with Gasteiger partial charge in [0.05, 0.1) is 28.9 Å². The summed E-state index contributed by atoms with van der Waals surface area (Å²) < 4.78 is 49.4. The molecule has 1 saturated carbocycles. The molecular formula is C22H24BrF2N3O2S. The maximum Gasteiger partial charge on any atom is 0.257 e. The third-order valence-electron chi connectivity index (χ3n) is 5.48. The summed E-state index contributed by atoms with van der Waals surface area (Å²) in [6.07, 6.45) is -0.898. The van der Waals surface area contributed by atoms with E-state index >= 15 is 0 Å². The highest BCUT2D eigenvalue weighted by atomic mass is 79.9. The van der Waals surface area contributed by atoms with E-state index in [0.717, 1.165) is 29.7 Å². The number of ether oxygens (including phenoxy) is 1. The van der Waals surface area contributed by atoms with Crippen molar-refractivity contribution in [2.45, 2.75) is 44.5 Å². The minimum atomic E-state index is -2.71. The minimum absolute atomic E-state index is 0.0338. The topological polar surface area (TPSA) is 47.4 Å². The van der Waals surface area contributed by atoms with Crippen LogP contribution in [0.1, 0.15) is 24.0 Å². The van der Waals surface area contributed by atoms with Crippen molar-refractivity contribution in [3.05, 3.63) is 52.0 Å². The van der Waals surface area contributed by atoms with Crippen LogP contribution < -0.4 is 9.04 Å². The summed E-state index contributed by atoms with van der Waals surface area (Å²) in [5.74, 6) is 5.24. The number of methoxy groups -OCH3 is 1. The van der Waals surface area contributed by atoms with Crippen LogP contribution in [0, 0.1) is 6.92 Å². The number of aryl methyl sites for hydroxylation is 1. The molecule has 1 aromatic heterocycles. The molecule has 0 amide bonds. The van der Waals surface area contributed by atoms with Gasteiger partial charge in [0.2, 0.25) is 0 Å². The summed E-state index contributed by atoms with van der Waals surface area (Å²) >= 11 is 3.48. The van der Waals surface area contributed by atoms with Gasteiger partial charge in [-0.25, -0.2) is 13.0 Å². The molecule has 1 atom stereocenters. The third kappa shape index (κ3) is 4.30. The number of anilines is 1. The number of hydrogen-bond acceptors (Lipinski definition) is 3. The van der Waals surface area contributed by atoms with Crippen molar-refractivity contribution in [1.29, 1.82) is 0 Å². The molecule has 1 heterocycles. The zero-order valence-electron chi connectivity index (χ0n) is 17.4. The number of fused-ring (bicyclic) bond motifs is 1. The van der Waals surface area contributed by atoms with Crippen molar-refractivity contribution in [1.82, 2.24) is 9.78 Å². The van der Waals surface area contributed by atoms with Crippen LogP contribution in [0.5, 0.6) is 5.75 Å². The Morgan fingerprint density at radius 1 is 1.29 bits per heavy atom. The monoisotopic (exact) mass is 511 g/mol. The quantitative estimate of drug-likeness (QED) is 0.391. The standard InChI is InChI=1S/C22H24BrF2N3O2S/c1-14-4-11-18(23)21-20(14)22(26-27(21)13-19(24)25)28(31(3,29)17-9-10-17)12-15-5-7-16(30-2)8-6-15/h4-8,11,17,19H,3,9-10,12-13H2,1-2H3. The van der Waals surface area contributed by atoms with Gasteiger partial charge in [-0.15, -0.1) is 0 Å². The van der Waals surface area contributed by atoms with Crippen LogP contribution in [-0.2, 0) is 22.8 Å². The maximum absolute atomic E-state index is 13.8. The molecule has 1 fully saturated rings. The van der Waals surface area contributed by atoms with Crippen molar-refractivity contribution >= 4 is 48.2 Å². The van der Waals surface area contributed by atoms with Crippen LogP contribution in [-0.4, -0.2) is 38.6 Å². The first-order chi connectivity index (χ1) is 14.7. The van der Waals surface area contributed by atoms with Crippen molar-refractivity contribution in [2.75, 3.05) is 11.4 Å². The van der Waals surface area contributed by atoms with Gasteiger partial charge in [0.15, 0.2) is 5.82 Å². The summed E-state index contributed by atoms with van der Waals surface area (Å²) in [5.41, 5.74) is 2.35. The van der Waals surface area contributed by atoms with Gasteiger partial charge in [0.25, 0.3) is 6.43 Å². The molecule has 5 nitrogen and oxygen atoms in total. The van der Waals surface area contributed by atoms with Gasteiger partial charge in [-0.1, -0.05) is 18.2 Å². The summed E-state index contributed by atoms with van der Waals surface area (Å²) in [6, 6.07) is 11.2. The molecule has 0 aliphatic heterocycles. The van der Waals surface area contributed by atoms with Crippen molar-refractivity contribution in [3.63, 3.8) is 0 Å². The molecule has 2 aromatic carbocycles. The van der Waals surface area contributed by atoms with Crippen LogP contribution in [0.2, 0.25) is 0 Å². The van der Waals surface area contributed by atoms with Gasteiger partial charge in [0.1, 0.15) is 12.3 Å². The van der Waals surface area contributed by atoms with Crippen LogP contribution in [0.15, 0.2) is 40.9 Å². The van der Waals surface area contributed by atoms with Crippen LogP contribution >= 0.6 is 15.9 Å². The third-order valence-corrected chi connectivity index (χ3v) is 8.69. The Labute approximate surface area is 189 Å². The summed E-state index contributed by atoms with van der Waals surface area (Å²) in [7, 11) is -1.11. The molecule has 0 N–H and O–H groups in total. The molecule has 1 aliphatic carbocycles. The molecule has 0 bridgehead atoms. The molecule has 1 unspecified atom stereocenters. The van der Waals surface area contributed by atoms with E-state index in [2.05, 4.69) is 26.9 Å². The normalized spacial score (nSPS) is 15.9. The lowest BCUT2D eigenvalue weighted by atomic mass is 10.1. The molecule has 9 heteroatoms. The minimum Gasteiger partial charge on any atom is -0.497 e. The Morgan fingerprint density at radius 2 is 1.97 bits per heavy atom. The fourth-order valence-electron chi connectivity index (χ4n) is 3.70. The molecule has 1 aliphatic rings. The van der Waals surface area contributed by atoms with E-state index in [1.165, 1.54) is 4.68 Å². The number of alkyl halides is 2. The Balaban J connectivity index is 1.89. The number of nitrogens with zero attached hydrogens (tertiary/aromatic N) is 3. The van der Waals surface area contributed by atoms with Gasteiger partial charge >= 0.3 is 0 Å². The number of halogens is 3. The average Bonchev–Trinajstić information content (AvgIpc) is 3.52.